The second kappa shape index (κ2) is 6.34. The van der Waals surface area contributed by atoms with Gasteiger partial charge in [0, 0.05) is 19.6 Å². The molecule has 20 heavy (non-hydrogen) atoms. The number of sulfonamides is 1. The molecule has 0 N–H and O–H groups in total. The second-order valence-corrected chi connectivity index (χ2v) is 7.28. The Morgan fingerprint density at radius 3 is 2.70 bits per heavy atom. The van der Waals surface area contributed by atoms with E-state index in [9.17, 15) is 8.42 Å². The maximum atomic E-state index is 12.4. The van der Waals surface area contributed by atoms with Crippen LogP contribution in [0.15, 0.2) is 17.3 Å². The normalized spacial score (nSPS) is 20.7. The molecule has 2 heterocycles. The van der Waals surface area contributed by atoms with Crippen LogP contribution in [0.3, 0.4) is 0 Å². The van der Waals surface area contributed by atoms with Gasteiger partial charge in [-0.2, -0.15) is 4.31 Å². The Morgan fingerprint density at radius 1 is 1.45 bits per heavy atom. The van der Waals surface area contributed by atoms with E-state index in [1.807, 2.05) is 0 Å². The van der Waals surface area contributed by atoms with Crippen molar-refractivity contribution in [3.05, 3.63) is 17.7 Å². The Morgan fingerprint density at radius 2 is 2.10 bits per heavy atom. The van der Waals surface area contributed by atoms with Crippen LogP contribution in [0.1, 0.15) is 19.8 Å². The Bertz CT molecular complexity index is 549. The molecular weight excluding hydrogens is 300 g/mol. The fourth-order valence-electron chi connectivity index (χ4n) is 2.53. The molecule has 112 valence electrons. The molecule has 1 fully saturated rings. The van der Waals surface area contributed by atoms with Crippen molar-refractivity contribution in [3.8, 4) is 0 Å². The molecule has 8 heteroatoms. The summed E-state index contributed by atoms with van der Waals surface area (Å²) in [5.41, 5.74) is 0. The van der Waals surface area contributed by atoms with E-state index in [2.05, 4.69) is 21.8 Å². The average Bonchev–Trinajstić information content (AvgIpc) is 2.86. The third-order valence-electron chi connectivity index (χ3n) is 3.68. The Kier molecular flexibility index (Phi) is 4.95. The molecule has 2 rings (SSSR count). The molecule has 6 nitrogen and oxygen atoms in total. The molecule has 1 aliphatic rings. The molecule has 1 unspecified atom stereocenters. The summed E-state index contributed by atoms with van der Waals surface area (Å²) in [5, 5.41) is 0.0413. The molecule has 1 aromatic rings. The zero-order valence-electron chi connectivity index (χ0n) is 11.7. The van der Waals surface area contributed by atoms with Crippen molar-refractivity contribution in [2.75, 3.05) is 26.7 Å². The molecule has 0 radical (unpaired) electrons. The molecule has 1 saturated heterocycles. The molecule has 0 saturated carbocycles. The summed E-state index contributed by atoms with van der Waals surface area (Å²) in [6.07, 6.45) is 4.64. The van der Waals surface area contributed by atoms with Crippen LogP contribution in [0, 0.1) is 0 Å². The lowest BCUT2D eigenvalue weighted by atomic mass is 10.2. The highest BCUT2D eigenvalue weighted by molar-refractivity contribution is 7.89. The van der Waals surface area contributed by atoms with E-state index >= 15 is 0 Å². The fraction of sp³-hybridized carbons (Fsp3) is 0.667. The summed E-state index contributed by atoms with van der Waals surface area (Å²) < 4.78 is 26.2. The van der Waals surface area contributed by atoms with Gasteiger partial charge in [0.05, 0.1) is 12.4 Å². The first-order valence-electron chi connectivity index (χ1n) is 6.63. The van der Waals surface area contributed by atoms with E-state index < -0.39 is 10.0 Å². The van der Waals surface area contributed by atoms with Crippen molar-refractivity contribution in [2.24, 2.45) is 0 Å². The van der Waals surface area contributed by atoms with Gasteiger partial charge in [-0.05, 0) is 37.5 Å². The van der Waals surface area contributed by atoms with Crippen LogP contribution >= 0.6 is 11.6 Å². The lowest BCUT2D eigenvalue weighted by molar-refractivity contribution is 0.237. The molecule has 1 aliphatic heterocycles. The number of likely N-dealkylation sites (N-methyl/N-ethyl adjacent to an activating group) is 2. The van der Waals surface area contributed by atoms with Crippen LogP contribution in [0.2, 0.25) is 5.28 Å². The number of aromatic nitrogens is 2. The van der Waals surface area contributed by atoms with Crippen molar-refractivity contribution in [2.45, 2.75) is 30.7 Å². The number of likely N-dealkylation sites (tertiary alicyclic amines) is 1. The van der Waals surface area contributed by atoms with Gasteiger partial charge in [0.1, 0.15) is 4.90 Å². The van der Waals surface area contributed by atoms with Gasteiger partial charge in [0.2, 0.25) is 15.3 Å². The number of hydrogen-bond acceptors (Lipinski definition) is 5. The molecule has 0 bridgehead atoms. The van der Waals surface area contributed by atoms with Crippen LogP contribution in [-0.2, 0) is 10.0 Å². The topological polar surface area (TPSA) is 66.4 Å². The van der Waals surface area contributed by atoms with Gasteiger partial charge in [-0.25, -0.2) is 18.4 Å². The SMILES string of the molecule is CCN1CCCC1CN(C)S(=O)(=O)c1cnc(Cl)nc1. The lowest BCUT2D eigenvalue weighted by Crippen LogP contribution is -2.41. The minimum atomic E-state index is -3.55. The maximum absolute atomic E-state index is 12.4. The van der Waals surface area contributed by atoms with Gasteiger partial charge < -0.3 is 0 Å². The zero-order chi connectivity index (χ0) is 14.8. The number of hydrogen-bond donors (Lipinski definition) is 0. The molecule has 0 aromatic carbocycles. The fourth-order valence-corrected chi connectivity index (χ4v) is 3.72. The predicted octanol–water partition coefficient (Wildman–Crippen LogP) is 1.23. The van der Waals surface area contributed by atoms with Crippen LogP contribution in [-0.4, -0.2) is 60.3 Å². The maximum Gasteiger partial charge on any atom is 0.245 e. The van der Waals surface area contributed by atoms with Crippen molar-refractivity contribution in [1.82, 2.24) is 19.2 Å². The van der Waals surface area contributed by atoms with E-state index in [1.165, 1.54) is 16.7 Å². The van der Waals surface area contributed by atoms with E-state index in [1.54, 1.807) is 7.05 Å². The third-order valence-corrected chi connectivity index (χ3v) is 5.65. The highest BCUT2D eigenvalue weighted by Gasteiger charge is 2.29. The number of nitrogens with zero attached hydrogens (tertiary/aromatic N) is 4. The highest BCUT2D eigenvalue weighted by atomic mass is 35.5. The Balaban J connectivity index is 2.11. The van der Waals surface area contributed by atoms with E-state index in [-0.39, 0.29) is 16.2 Å². The summed E-state index contributed by atoms with van der Waals surface area (Å²) in [6.45, 7) is 4.57. The first-order chi connectivity index (χ1) is 9.45. The van der Waals surface area contributed by atoms with Gasteiger partial charge >= 0.3 is 0 Å². The molecule has 0 aliphatic carbocycles. The van der Waals surface area contributed by atoms with Gasteiger partial charge in [0.25, 0.3) is 0 Å². The van der Waals surface area contributed by atoms with Crippen molar-refractivity contribution >= 4 is 21.6 Å². The smallest absolute Gasteiger partial charge is 0.245 e. The molecular formula is C12H19ClN4O2S. The monoisotopic (exact) mass is 318 g/mol. The molecule has 1 aromatic heterocycles. The van der Waals surface area contributed by atoms with Gasteiger partial charge in [0.15, 0.2) is 0 Å². The van der Waals surface area contributed by atoms with Crippen LogP contribution in [0.4, 0.5) is 0 Å². The Labute approximate surface area is 124 Å². The number of rotatable bonds is 5. The predicted molar refractivity (Wildman–Crippen MR) is 77.1 cm³/mol. The summed E-state index contributed by atoms with van der Waals surface area (Å²) in [7, 11) is -1.96. The van der Waals surface area contributed by atoms with Crippen molar-refractivity contribution < 1.29 is 8.42 Å². The molecule has 0 spiro atoms. The minimum Gasteiger partial charge on any atom is -0.299 e. The van der Waals surface area contributed by atoms with E-state index in [0.29, 0.717) is 6.54 Å². The minimum absolute atomic E-state index is 0.0413. The molecule has 1 atom stereocenters. The summed E-state index contributed by atoms with van der Waals surface area (Å²) >= 11 is 5.58. The summed E-state index contributed by atoms with van der Waals surface area (Å²) in [6, 6.07) is 0.285. The quantitative estimate of drug-likeness (QED) is 0.764. The van der Waals surface area contributed by atoms with Gasteiger partial charge in [-0.3, -0.25) is 4.90 Å². The largest absolute Gasteiger partial charge is 0.299 e. The van der Waals surface area contributed by atoms with Crippen LogP contribution < -0.4 is 0 Å². The third kappa shape index (κ3) is 3.28. The standard InChI is InChI=1S/C12H19ClN4O2S/c1-3-17-6-4-5-10(17)9-16(2)20(18,19)11-7-14-12(13)15-8-11/h7-8,10H,3-6,9H2,1-2H3. The summed E-state index contributed by atoms with van der Waals surface area (Å²) in [5.74, 6) is 0. The van der Waals surface area contributed by atoms with Gasteiger partial charge in [-0.1, -0.05) is 6.92 Å². The first-order valence-corrected chi connectivity index (χ1v) is 8.45. The van der Waals surface area contributed by atoms with E-state index in [4.69, 9.17) is 11.6 Å². The highest BCUT2D eigenvalue weighted by Crippen LogP contribution is 2.20. The summed E-state index contributed by atoms with van der Waals surface area (Å²) in [4.78, 5) is 9.84. The molecule has 0 amide bonds. The van der Waals surface area contributed by atoms with Crippen molar-refractivity contribution in [1.29, 1.82) is 0 Å². The first kappa shape index (κ1) is 15.6. The van der Waals surface area contributed by atoms with Crippen molar-refractivity contribution in [3.63, 3.8) is 0 Å². The second-order valence-electron chi connectivity index (χ2n) is 4.90. The number of halogens is 1. The van der Waals surface area contributed by atoms with Crippen LogP contribution in [0.25, 0.3) is 0 Å². The zero-order valence-corrected chi connectivity index (χ0v) is 13.2. The van der Waals surface area contributed by atoms with Gasteiger partial charge in [-0.15, -0.1) is 0 Å². The Hall–Kier alpha value is -0.760. The average molecular weight is 319 g/mol. The lowest BCUT2D eigenvalue weighted by Gasteiger charge is -2.27. The van der Waals surface area contributed by atoms with E-state index in [0.717, 1.165) is 25.9 Å². The van der Waals surface area contributed by atoms with Crippen LogP contribution in [0.5, 0.6) is 0 Å².